The molecule has 9 nitrogen and oxygen atoms in total. The van der Waals surface area contributed by atoms with Gasteiger partial charge in [-0.2, -0.15) is 13.2 Å². The fourth-order valence-electron chi connectivity index (χ4n) is 5.55. The molecule has 0 saturated carbocycles. The maximum atomic E-state index is 13.6. The predicted molar refractivity (Wildman–Crippen MR) is 144 cm³/mol. The Kier molecular flexibility index (Phi) is 8.06. The Bertz CT molecular complexity index is 1350. The van der Waals surface area contributed by atoms with Crippen molar-refractivity contribution in [1.29, 1.82) is 0 Å². The number of amides is 3. The lowest BCUT2D eigenvalue weighted by Crippen LogP contribution is -2.60. The lowest BCUT2D eigenvalue weighted by molar-refractivity contribution is -0.139. The second kappa shape index (κ2) is 11.1. The summed E-state index contributed by atoms with van der Waals surface area (Å²) in [5.41, 5.74) is -0.844. The van der Waals surface area contributed by atoms with Gasteiger partial charge in [0.2, 0.25) is 11.8 Å². The Morgan fingerprint density at radius 1 is 1.02 bits per heavy atom. The van der Waals surface area contributed by atoms with Crippen LogP contribution >= 0.6 is 0 Å². The first-order valence-corrected chi connectivity index (χ1v) is 13.3. The molecule has 2 aromatic rings. The number of piperidine rings is 1. The second-order valence-corrected chi connectivity index (χ2v) is 11.0. The number of likely N-dealkylation sites (tertiary alicyclic amines) is 1. The minimum atomic E-state index is -4.61. The van der Waals surface area contributed by atoms with E-state index in [9.17, 15) is 37.5 Å². The van der Waals surface area contributed by atoms with Gasteiger partial charge in [-0.25, -0.2) is 4.79 Å². The number of carbonyl (C=O) groups is 4. The molecule has 0 aromatic heterocycles. The largest absolute Gasteiger partial charge is 0.478 e. The topological polar surface area (TPSA) is 110 Å². The van der Waals surface area contributed by atoms with Crippen molar-refractivity contribution in [3.63, 3.8) is 0 Å². The maximum Gasteiger partial charge on any atom is 0.416 e. The molecule has 2 saturated heterocycles. The Balaban J connectivity index is 1.50. The number of anilines is 1. The lowest BCUT2D eigenvalue weighted by atomic mass is 9.85. The minimum absolute atomic E-state index is 0.0966. The minimum Gasteiger partial charge on any atom is -0.478 e. The molecule has 2 fully saturated rings. The highest BCUT2D eigenvalue weighted by Crippen LogP contribution is 2.39. The number of aromatic carboxylic acids is 1. The van der Waals surface area contributed by atoms with Gasteiger partial charge in [-0.05, 0) is 67.6 Å². The van der Waals surface area contributed by atoms with Crippen molar-refractivity contribution in [2.24, 2.45) is 5.92 Å². The van der Waals surface area contributed by atoms with E-state index in [-0.39, 0.29) is 41.9 Å². The number of likely N-dealkylation sites (N-methyl/N-ethyl adjacent to an activating group) is 1. The smallest absolute Gasteiger partial charge is 0.416 e. The average Bonchev–Trinajstić information content (AvgIpc) is 3.16. The normalized spacial score (nSPS) is 17.8. The highest BCUT2D eigenvalue weighted by atomic mass is 19.4. The standard InChI is InChI=1S/C29H33F3N4O5/c1-17(2)23(33-24(37)22-15-20(29(30,31)32)8-5-18(22)3)25(38)35-13-11-28(12-14-35)27(41)34(4)16-36(28)21-9-6-19(7-10-21)26(39)40/h5-10,15,17,23H,11-14,16H2,1-4H3,(H,33,37)(H,39,40). The van der Waals surface area contributed by atoms with Crippen molar-refractivity contribution in [2.75, 3.05) is 31.7 Å². The van der Waals surface area contributed by atoms with Gasteiger partial charge in [0.05, 0.1) is 17.8 Å². The Morgan fingerprint density at radius 3 is 2.17 bits per heavy atom. The summed E-state index contributed by atoms with van der Waals surface area (Å²) in [6, 6.07) is 8.23. The summed E-state index contributed by atoms with van der Waals surface area (Å²) in [7, 11) is 1.69. The number of halogens is 3. The molecule has 0 bridgehead atoms. The van der Waals surface area contributed by atoms with Gasteiger partial charge in [0, 0.05) is 31.4 Å². The van der Waals surface area contributed by atoms with Gasteiger partial charge >= 0.3 is 12.1 Å². The monoisotopic (exact) mass is 574 g/mol. The van der Waals surface area contributed by atoms with E-state index >= 15 is 0 Å². The van der Waals surface area contributed by atoms with Gasteiger partial charge in [-0.1, -0.05) is 19.9 Å². The molecule has 3 amide bonds. The first kappa shape index (κ1) is 29.9. The molecule has 2 aromatic carbocycles. The lowest BCUT2D eigenvalue weighted by Gasteiger charge is -2.44. The van der Waals surface area contributed by atoms with Gasteiger partial charge in [-0.15, -0.1) is 0 Å². The van der Waals surface area contributed by atoms with Crippen LogP contribution in [0.25, 0.3) is 0 Å². The Hall–Kier alpha value is -4.09. The van der Waals surface area contributed by atoms with Crippen LogP contribution in [0, 0.1) is 12.8 Å². The highest BCUT2D eigenvalue weighted by Gasteiger charge is 2.53. The Morgan fingerprint density at radius 2 is 1.63 bits per heavy atom. The van der Waals surface area contributed by atoms with Crippen LogP contribution in [0.3, 0.4) is 0 Å². The number of nitrogens with zero attached hydrogens (tertiary/aromatic N) is 3. The molecule has 0 aliphatic carbocycles. The third kappa shape index (κ3) is 5.73. The van der Waals surface area contributed by atoms with E-state index < -0.39 is 35.2 Å². The molecule has 41 heavy (non-hydrogen) atoms. The number of carboxylic acid groups (broad SMARTS) is 1. The van der Waals surface area contributed by atoms with Crippen LogP contribution in [0.1, 0.15) is 58.5 Å². The van der Waals surface area contributed by atoms with E-state index in [1.54, 1.807) is 42.8 Å². The summed E-state index contributed by atoms with van der Waals surface area (Å²) in [5.74, 6) is -2.64. The van der Waals surface area contributed by atoms with Crippen LogP contribution in [-0.2, 0) is 15.8 Å². The van der Waals surface area contributed by atoms with Crippen LogP contribution in [-0.4, -0.2) is 77.0 Å². The molecule has 2 heterocycles. The van der Waals surface area contributed by atoms with Crippen molar-refractivity contribution in [2.45, 2.75) is 51.4 Å². The van der Waals surface area contributed by atoms with Crippen LogP contribution in [0.15, 0.2) is 42.5 Å². The number of alkyl halides is 3. The fraction of sp³-hybridized carbons (Fsp3) is 0.448. The molecule has 220 valence electrons. The number of carboxylic acids is 1. The molecule has 1 atom stereocenters. The molecule has 2 aliphatic heterocycles. The molecular weight excluding hydrogens is 541 g/mol. The second-order valence-electron chi connectivity index (χ2n) is 11.0. The van der Waals surface area contributed by atoms with Crippen molar-refractivity contribution in [3.05, 3.63) is 64.7 Å². The first-order chi connectivity index (χ1) is 19.2. The van der Waals surface area contributed by atoms with Crippen LogP contribution in [0.4, 0.5) is 18.9 Å². The molecule has 12 heteroatoms. The number of hydrogen-bond acceptors (Lipinski definition) is 5. The zero-order chi connectivity index (χ0) is 30.3. The van der Waals surface area contributed by atoms with Gasteiger partial charge in [-0.3, -0.25) is 14.4 Å². The van der Waals surface area contributed by atoms with E-state index in [1.165, 1.54) is 25.1 Å². The number of carbonyl (C=O) groups excluding carboxylic acids is 3. The van der Waals surface area contributed by atoms with Crippen molar-refractivity contribution >= 4 is 29.4 Å². The van der Waals surface area contributed by atoms with Gasteiger partial charge in [0.15, 0.2) is 0 Å². The number of benzene rings is 2. The van der Waals surface area contributed by atoms with E-state index in [2.05, 4.69) is 5.32 Å². The zero-order valence-corrected chi connectivity index (χ0v) is 23.3. The van der Waals surface area contributed by atoms with Gasteiger partial charge in [0.1, 0.15) is 11.6 Å². The van der Waals surface area contributed by atoms with Crippen molar-refractivity contribution in [1.82, 2.24) is 15.1 Å². The van der Waals surface area contributed by atoms with E-state index in [0.29, 0.717) is 30.8 Å². The summed E-state index contributed by atoms with van der Waals surface area (Å²) in [4.78, 5) is 56.4. The molecule has 1 unspecified atom stereocenters. The number of aryl methyl sites for hydroxylation is 1. The number of hydrogen-bond donors (Lipinski definition) is 2. The van der Waals surface area contributed by atoms with Crippen LogP contribution < -0.4 is 10.2 Å². The summed E-state index contributed by atoms with van der Waals surface area (Å²) >= 11 is 0. The molecule has 0 radical (unpaired) electrons. The number of rotatable bonds is 6. The van der Waals surface area contributed by atoms with Crippen LogP contribution in [0.2, 0.25) is 0 Å². The number of nitrogens with one attached hydrogen (secondary N) is 1. The van der Waals surface area contributed by atoms with Gasteiger partial charge in [0.25, 0.3) is 5.91 Å². The van der Waals surface area contributed by atoms with E-state index in [4.69, 9.17) is 0 Å². The van der Waals surface area contributed by atoms with E-state index in [1.807, 2.05) is 4.90 Å². The SMILES string of the molecule is Cc1ccc(C(F)(F)F)cc1C(=O)NC(C(=O)N1CCC2(CC1)C(=O)N(C)CN2c1ccc(C(=O)O)cc1)C(C)C. The van der Waals surface area contributed by atoms with Gasteiger partial charge < -0.3 is 25.1 Å². The summed E-state index contributed by atoms with van der Waals surface area (Å²) in [5, 5.41) is 11.9. The van der Waals surface area contributed by atoms with Crippen LogP contribution in [0.5, 0.6) is 0 Å². The molecule has 2 N–H and O–H groups in total. The molecule has 1 spiro atoms. The molecular formula is C29H33F3N4O5. The fourth-order valence-corrected chi connectivity index (χ4v) is 5.55. The first-order valence-electron chi connectivity index (χ1n) is 13.3. The summed E-state index contributed by atoms with van der Waals surface area (Å²) < 4.78 is 39.7. The van der Waals surface area contributed by atoms with E-state index in [0.717, 1.165) is 12.1 Å². The summed E-state index contributed by atoms with van der Waals surface area (Å²) in [6.07, 6.45) is -3.99. The van der Waals surface area contributed by atoms with Crippen molar-refractivity contribution in [3.8, 4) is 0 Å². The van der Waals surface area contributed by atoms with Crippen molar-refractivity contribution < 1.29 is 37.5 Å². The average molecular weight is 575 g/mol. The third-order valence-corrected chi connectivity index (χ3v) is 7.97. The maximum absolute atomic E-state index is 13.6. The quantitative estimate of drug-likeness (QED) is 0.544. The molecule has 2 aliphatic rings. The summed E-state index contributed by atoms with van der Waals surface area (Å²) in [6.45, 7) is 5.77. The predicted octanol–water partition coefficient (Wildman–Crippen LogP) is 3.76. The Labute approximate surface area is 235 Å². The highest BCUT2D eigenvalue weighted by molar-refractivity contribution is 5.99. The third-order valence-electron chi connectivity index (χ3n) is 7.97. The zero-order valence-electron chi connectivity index (χ0n) is 23.3. The molecule has 4 rings (SSSR count).